The van der Waals surface area contributed by atoms with Crippen LogP contribution in [0.15, 0.2) is 48.6 Å². The second-order valence-electron chi connectivity index (χ2n) is 4.62. The largest absolute Gasteiger partial charge is 0.0767 e. The van der Waals surface area contributed by atoms with Gasteiger partial charge in [0.2, 0.25) is 0 Å². The van der Waals surface area contributed by atoms with E-state index in [0.29, 0.717) is 0 Å². The third-order valence-electron chi connectivity index (χ3n) is 2.30. The molecule has 1 radical (unpaired) electrons. The van der Waals surface area contributed by atoms with Crippen molar-refractivity contribution >= 4 is 17.0 Å². The fourth-order valence-corrected chi connectivity index (χ4v) is 3.48. The maximum Gasteiger partial charge on any atom is 0.00506 e. The van der Waals surface area contributed by atoms with Gasteiger partial charge in [0.1, 0.15) is 0 Å². The van der Waals surface area contributed by atoms with Crippen LogP contribution in [-0.4, -0.2) is 0 Å². The van der Waals surface area contributed by atoms with E-state index in [1.165, 1.54) is 0 Å². The molecular weight excluding hydrogens is 284 g/mol. The number of allylic oxidation sites excluding steroid dienone is 8. The normalized spacial score (nSPS) is 17.5. The standard InChI is InChI=1S/2C5H5.3CH3.BrH.Ti/c2*1-2-4-5-3-1;;;;;/h2*1-5H;3*1H3;1H;. The van der Waals surface area contributed by atoms with Crippen LogP contribution in [0.3, 0.4) is 0 Å². The van der Waals surface area contributed by atoms with Crippen molar-refractivity contribution in [1.82, 2.24) is 0 Å². The SMILES string of the molecule is Br.[CH3][Ti]([CH3])([CH3])[CH]1C=CC=C1.[CH]1C=CC=C1. The van der Waals surface area contributed by atoms with Gasteiger partial charge in [0, 0.05) is 6.42 Å². The minimum absolute atomic E-state index is 0. The minimum atomic E-state index is -1.35. The van der Waals surface area contributed by atoms with Crippen LogP contribution >= 0.6 is 17.0 Å². The van der Waals surface area contributed by atoms with Crippen LogP contribution in [0.5, 0.6) is 0 Å². The van der Waals surface area contributed by atoms with Gasteiger partial charge in [-0.1, -0.05) is 24.3 Å². The summed E-state index contributed by atoms with van der Waals surface area (Å²) in [6.07, 6.45) is 19.0. The molecule has 0 saturated carbocycles. The Kier molecular flexibility index (Phi) is 7.51. The van der Waals surface area contributed by atoms with Crippen molar-refractivity contribution < 1.29 is 16.6 Å². The maximum absolute atomic E-state index is 2.45. The van der Waals surface area contributed by atoms with Crippen LogP contribution in [-0.2, 0) is 16.6 Å². The van der Waals surface area contributed by atoms with Crippen LogP contribution in [0.4, 0.5) is 0 Å². The summed E-state index contributed by atoms with van der Waals surface area (Å²) in [6.45, 7) is 0. The van der Waals surface area contributed by atoms with E-state index in [1.807, 2.05) is 30.7 Å². The Balaban J connectivity index is 0.000000280. The van der Waals surface area contributed by atoms with Gasteiger partial charge in [-0.2, -0.15) is 0 Å². The van der Waals surface area contributed by atoms with Gasteiger partial charge >= 0.3 is 60.8 Å². The zero-order valence-electron chi connectivity index (χ0n) is 9.68. The Morgan fingerprint density at radius 2 is 1.20 bits per heavy atom. The summed E-state index contributed by atoms with van der Waals surface area (Å²) in [7, 11) is 0. The molecule has 0 nitrogen and oxygen atoms in total. The quantitative estimate of drug-likeness (QED) is 0.592. The summed E-state index contributed by atoms with van der Waals surface area (Å²) >= 11 is -1.35. The van der Waals surface area contributed by atoms with Crippen molar-refractivity contribution in [1.29, 1.82) is 0 Å². The summed E-state index contributed by atoms with van der Waals surface area (Å²) in [6, 6.07) is 0. The third-order valence-corrected chi connectivity index (χ3v) is 6.03. The summed E-state index contributed by atoms with van der Waals surface area (Å²) in [5.41, 5.74) is 0. The molecule has 0 unspecified atom stereocenters. The van der Waals surface area contributed by atoms with E-state index < -0.39 is 16.6 Å². The topological polar surface area (TPSA) is 0 Å². The van der Waals surface area contributed by atoms with E-state index >= 15 is 0 Å². The van der Waals surface area contributed by atoms with Crippen LogP contribution < -0.4 is 0 Å². The summed E-state index contributed by atoms with van der Waals surface area (Å²) in [5.74, 6) is 0. The van der Waals surface area contributed by atoms with Gasteiger partial charge in [-0.15, -0.1) is 17.0 Å². The molecular formula is C13H20BrTi. The first-order valence-electron chi connectivity index (χ1n) is 5.12. The van der Waals surface area contributed by atoms with E-state index in [9.17, 15) is 0 Å². The minimum Gasteiger partial charge on any atom is -0.0767 e. The molecule has 0 N–H and O–H groups in total. The Morgan fingerprint density at radius 1 is 0.733 bits per heavy atom. The van der Waals surface area contributed by atoms with Crippen molar-refractivity contribution in [2.45, 2.75) is 19.9 Å². The fourth-order valence-electron chi connectivity index (χ4n) is 1.33. The monoisotopic (exact) mass is 303 g/mol. The average Bonchev–Trinajstić information content (AvgIpc) is 2.80. The molecule has 0 fully saturated rings. The number of hydrogen-bond donors (Lipinski definition) is 0. The van der Waals surface area contributed by atoms with Crippen molar-refractivity contribution in [3.63, 3.8) is 0 Å². The van der Waals surface area contributed by atoms with Gasteiger partial charge in [0.05, 0.1) is 0 Å². The van der Waals surface area contributed by atoms with E-state index in [0.717, 1.165) is 4.22 Å². The zero-order valence-corrected chi connectivity index (χ0v) is 13.0. The number of rotatable bonds is 1. The maximum atomic E-state index is 2.45. The van der Waals surface area contributed by atoms with Crippen LogP contribution in [0.25, 0.3) is 0 Å². The molecule has 0 atom stereocenters. The van der Waals surface area contributed by atoms with Crippen LogP contribution in [0, 0.1) is 6.42 Å². The first-order valence-corrected chi connectivity index (χ1v) is 10.7. The second-order valence-corrected chi connectivity index (χ2v) is 13.1. The number of hydrogen-bond acceptors (Lipinski definition) is 0. The number of halogens is 1. The first kappa shape index (κ1) is 15.2. The van der Waals surface area contributed by atoms with Gasteiger partial charge < -0.3 is 0 Å². The molecule has 0 amide bonds. The molecule has 0 aromatic rings. The van der Waals surface area contributed by atoms with Gasteiger partial charge in [0.25, 0.3) is 0 Å². The van der Waals surface area contributed by atoms with Crippen molar-refractivity contribution in [3.8, 4) is 0 Å². The van der Waals surface area contributed by atoms with Gasteiger partial charge in [-0.3, -0.25) is 0 Å². The summed E-state index contributed by atoms with van der Waals surface area (Å²) in [5, 5.41) is 7.35. The van der Waals surface area contributed by atoms with E-state index in [-0.39, 0.29) is 17.0 Å². The van der Waals surface area contributed by atoms with Crippen molar-refractivity contribution in [2.24, 2.45) is 0 Å². The van der Waals surface area contributed by atoms with Gasteiger partial charge in [0.15, 0.2) is 0 Å². The molecule has 0 bridgehead atoms. The second kappa shape index (κ2) is 7.43. The molecule has 83 valence electrons. The van der Waals surface area contributed by atoms with Gasteiger partial charge in [-0.25, -0.2) is 0 Å². The Bertz CT molecular complexity index is 257. The van der Waals surface area contributed by atoms with Crippen molar-refractivity contribution in [2.75, 3.05) is 0 Å². The van der Waals surface area contributed by atoms with E-state index in [4.69, 9.17) is 0 Å². The summed E-state index contributed by atoms with van der Waals surface area (Å²) in [4.78, 5) is 0. The zero-order chi connectivity index (χ0) is 10.4. The molecule has 15 heavy (non-hydrogen) atoms. The van der Waals surface area contributed by atoms with Crippen LogP contribution in [0.2, 0.25) is 19.9 Å². The molecule has 2 rings (SSSR count). The molecule has 0 saturated heterocycles. The summed E-state index contributed by atoms with van der Waals surface area (Å²) < 4.78 is 0.838. The predicted molar refractivity (Wildman–Crippen MR) is 72.5 cm³/mol. The predicted octanol–water partition coefficient (Wildman–Crippen LogP) is 5.09. The molecule has 0 aromatic carbocycles. The smallest absolute Gasteiger partial charge is 0.00506 e. The molecule has 0 aromatic heterocycles. The molecule has 0 heterocycles. The molecule has 0 aliphatic heterocycles. The molecule has 0 spiro atoms. The van der Waals surface area contributed by atoms with Crippen molar-refractivity contribution in [3.05, 3.63) is 55.0 Å². The van der Waals surface area contributed by atoms with E-state index in [1.54, 1.807) is 0 Å². The molecule has 2 heteroatoms. The van der Waals surface area contributed by atoms with E-state index in [2.05, 4.69) is 40.0 Å². The van der Waals surface area contributed by atoms with Crippen LogP contribution in [0.1, 0.15) is 0 Å². The fraction of sp³-hybridized carbons (Fsp3) is 0.308. The first-order chi connectivity index (χ1) is 6.61. The Hall–Kier alpha value is 0.154. The Labute approximate surface area is 108 Å². The average molecular weight is 304 g/mol. The molecule has 2 aliphatic carbocycles. The molecule has 2 aliphatic rings. The third kappa shape index (κ3) is 6.34. The van der Waals surface area contributed by atoms with Gasteiger partial charge in [-0.05, 0) is 0 Å². The Morgan fingerprint density at radius 3 is 1.40 bits per heavy atom.